The fraction of sp³-hybridized carbons (Fsp3) is 0.217. The molecule has 3 aromatic carbocycles. The number of fused-ring (bicyclic) bond motifs is 1. The second kappa shape index (κ2) is 8.13. The zero-order valence-electron chi connectivity index (χ0n) is 16.2. The van der Waals surface area contributed by atoms with Crippen LogP contribution in [0.1, 0.15) is 18.1 Å². The summed E-state index contributed by atoms with van der Waals surface area (Å²) in [7, 11) is 0. The molecule has 5 nitrogen and oxygen atoms in total. The molecule has 1 aliphatic rings. The van der Waals surface area contributed by atoms with Crippen molar-refractivity contribution >= 4 is 28.4 Å². The summed E-state index contributed by atoms with van der Waals surface area (Å²) in [6.45, 7) is 6.37. The van der Waals surface area contributed by atoms with Gasteiger partial charge in [-0.25, -0.2) is 0 Å². The molecule has 0 saturated heterocycles. The summed E-state index contributed by atoms with van der Waals surface area (Å²) in [5.74, 6) is 0. The minimum absolute atomic E-state index is 0.789. The number of aryl methyl sites for hydroxylation is 1. The Bertz CT molecular complexity index is 1000. The summed E-state index contributed by atoms with van der Waals surface area (Å²) < 4.78 is 0. The van der Waals surface area contributed by atoms with Crippen molar-refractivity contribution in [2.75, 3.05) is 18.0 Å². The van der Waals surface area contributed by atoms with Crippen LogP contribution in [0.3, 0.4) is 0 Å². The van der Waals surface area contributed by atoms with Gasteiger partial charge in [0.1, 0.15) is 0 Å². The number of hydrogen-bond donors (Lipinski definition) is 0. The van der Waals surface area contributed by atoms with Gasteiger partial charge in [-0.2, -0.15) is 20.5 Å². The van der Waals surface area contributed by atoms with Crippen molar-refractivity contribution in [3.8, 4) is 0 Å². The average Bonchev–Trinajstić information content (AvgIpc) is 3.15. The quantitative estimate of drug-likeness (QED) is 0.438. The van der Waals surface area contributed by atoms with Gasteiger partial charge < -0.3 is 4.90 Å². The van der Waals surface area contributed by atoms with Gasteiger partial charge in [-0.3, -0.25) is 0 Å². The van der Waals surface area contributed by atoms with E-state index >= 15 is 0 Å². The fourth-order valence-electron chi connectivity index (χ4n) is 3.28. The second-order valence-corrected chi connectivity index (χ2v) is 6.89. The lowest BCUT2D eigenvalue weighted by atomic mass is 10.1. The smallest absolute Gasteiger partial charge is 0.0861 e. The molecule has 0 fully saturated rings. The van der Waals surface area contributed by atoms with E-state index in [0.29, 0.717) is 0 Å². The molecule has 1 aliphatic heterocycles. The van der Waals surface area contributed by atoms with Gasteiger partial charge >= 0.3 is 0 Å². The van der Waals surface area contributed by atoms with Crippen LogP contribution in [0.25, 0.3) is 0 Å². The summed E-state index contributed by atoms with van der Waals surface area (Å²) in [5, 5.41) is 17.3. The van der Waals surface area contributed by atoms with E-state index in [1.807, 2.05) is 54.6 Å². The van der Waals surface area contributed by atoms with Crippen LogP contribution >= 0.6 is 0 Å². The van der Waals surface area contributed by atoms with Gasteiger partial charge in [-0.1, -0.05) is 17.7 Å². The lowest BCUT2D eigenvalue weighted by molar-refractivity contribution is 0.868. The average molecular weight is 369 g/mol. The maximum atomic E-state index is 4.39. The SMILES string of the molecule is CCN1CCc2cc(N=Nc3ccc(N=Nc4ccc(C)cc4)cc3)ccc21. The second-order valence-electron chi connectivity index (χ2n) is 6.89. The molecule has 0 spiro atoms. The highest BCUT2D eigenvalue weighted by Crippen LogP contribution is 2.32. The van der Waals surface area contributed by atoms with Crippen molar-refractivity contribution in [2.24, 2.45) is 20.5 Å². The molecule has 3 aromatic rings. The zero-order chi connectivity index (χ0) is 19.3. The van der Waals surface area contributed by atoms with Gasteiger partial charge in [0.2, 0.25) is 0 Å². The summed E-state index contributed by atoms with van der Waals surface area (Å²) in [6.07, 6.45) is 1.08. The van der Waals surface area contributed by atoms with Crippen LogP contribution in [0, 0.1) is 6.92 Å². The molecule has 0 bridgehead atoms. The van der Waals surface area contributed by atoms with Crippen LogP contribution < -0.4 is 4.90 Å². The molecule has 0 saturated carbocycles. The Hall–Kier alpha value is -3.34. The Morgan fingerprint density at radius 2 is 1.21 bits per heavy atom. The Morgan fingerprint density at radius 3 is 1.79 bits per heavy atom. The molecule has 0 unspecified atom stereocenters. The van der Waals surface area contributed by atoms with Crippen molar-refractivity contribution < 1.29 is 0 Å². The Balaban J connectivity index is 1.42. The van der Waals surface area contributed by atoms with Crippen molar-refractivity contribution in [2.45, 2.75) is 20.3 Å². The van der Waals surface area contributed by atoms with E-state index in [2.05, 4.69) is 51.3 Å². The maximum Gasteiger partial charge on any atom is 0.0861 e. The highest BCUT2D eigenvalue weighted by molar-refractivity contribution is 5.62. The number of hydrogen-bond acceptors (Lipinski definition) is 5. The minimum atomic E-state index is 0.789. The third kappa shape index (κ3) is 4.14. The molecule has 0 atom stereocenters. The van der Waals surface area contributed by atoms with E-state index in [1.54, 1.807) is 0 Å². The molecule has 5 heteroatoms. The van der Waals surface area contributed by atoms with Crippen molar-refractivity contribution in [3.05, 3.63) is 77.9 Å². The lowest BCUT2D eigenvalue weighted by Gasteiger charge is -2.16. The van der Waals surface area contributed by atoms with Crippen LogP contribution in [0.15, 0.2) is 87.2 Å². The standard InChI is InChI=1S/C23H23N5/c1-3-28-15-14-18-16-22(12-13-23(18)28)27-26-21-10-8-20(9-11-21)25-24-19-6-4-17(2)5-7-19/h4-13,16H,3,14-15H2,1-2H3. The number of anilines is 1. The number of azo groups is 2. The van der Waals surface area contributed by atoms with E-state index in [1.165, 1.54) is 16.8 Å². The normalized spacial score (nSPS) is 13.6. The van der Waals surface area contributed by atoms with Gasteiger partial charge in [0.25, 0.3) is 0 Å². The van der Waals surface area contributed by atoms with Crippen molar-refractivity contribution in [1.29, 1.82) is 0 Å². The van der Waals surface area contributed by atoms with Crippen LogP contribution in [0.2, 0.25) is 0 Å². The Kier molecular flexibility index (Phi) is 5.24. The Morgan fingerprint density at radius 1 is 0.714 bits per heavy atom. The highest BCUT2D eigenvalue weighted by Gasteiger charge is 2.17. The monoisotopic (exact) mass is 369 g/mol. The van der Waals surface area contributed by atoms with Crippen molar-refractivity contribution in [1.82, 2.24) is 0 Å². The van der Waals surface area contributed by atoms with E-state index in [0.717, 1.165) is 42.3 Å². The summed E-state index contributed by atoms with van der Waals surface area (Å²) in [5.41, 5.74) is 7.20. The molecular weight excluding hydrogens is 346 g/mol. The van der Waals surface area contributed by atoms with Gasteiger partial charge in [-0.05, 0) is 80.4 Å². The molecule has 0 radical (unpaired) electrons. The predicted molar refractivity (Wildman–Crippen MR) is 114 cm³/mol. The third-order valence-corrected chi connectivity index (χ3v) is 4.88. The van der Waals surface area contributed by atoms with Gasteiger partial charge in [0, 0.05) is 18.8 Å². The van der Waals surface area contributed by atoms with Crippen LogP contribution in [0.4, 0.5) is 28.4 Å². The van der Waals surface area contributed by atoms with Gasteiger partial charge in [0.15, 0.2) is 0 Å². The Labute approximate surface area is 165 Å². The maximum absolute atomic E-state index is 4.39. The zero-order valence-corrected chi connectivity index (χ0v) is 16.2. The lowest BCUT2D eigenvalue weighted by Crippen LogP contribution is -2.18. The molecule has 0 N–H and O–H groups in total. The van der Waals surface area contributed by atoms with Crippen LogP contribution in [-0.2, 0) is 6.42 Å². The number of nitrogens with zero attached hydrogens (tertiary/aromatic N) is 5. The van der Waals surface area contributed by atoms with Gasteiger partial charge in [-0.15, -0.1) is 0 Å². The summed E-state index contributed by atoms with van der Waals surface area (Å²) >= 11 is 0. The van der Waals surface area contributed by atoms with E-state index < -0.39 is 0 Å². The molecule has 140 valence electrons. The first kappa shape index (κ1) is 18.0. The predicted octanol–water partition coefficient (Wildman–Crippen LogP) is 7.21. The molecule has 4 rings (SSSR count). The van der Waals surface area contributed by atoms with E-state index in [-0.39, 0.29) is 0 Å². The van der Waals surface area contributed by atoms with E-state index in [9.17, 15) is 0 Å². The first-order chi connectivity index (χ1) is 13.7. The summed E-state index contributed by atoms with van der Waals surface area (Å²) in [4.78, 5) is 2.39. The van der Waals surface area contributed by atoms with Crippen LogP contribution in [-0.4, -0.2) is 13.1 Å². The molecule has 1 heterocycles. The third-order valence-electron chi connectivity index (χ3n) is 4.88. The molecule has 0 aromatic heterocycles. The number of benzene rings is 3. The molecule has 28 heavy (non-hydrogen) atoms. The molecular formula is C23H23N5. The summed E-state index contributed by atoms with van der Waals surface area (Å²) in [6, 6.07) is 21.9. The first-order valence-corrected chi connectivity index (χ1v) is 9.59. The van der Waals surface area contributed by atoms with E-state index in [4.69, 9.17) is 0 Å². The van der Waals surface area contributed by atoms with Crippen molar-refractivity contribution in [3.63, 3.8) is 0 Å². The largest absolute Gasteiger partial charge is 0.371 e. The fourth-order valence-corrected chi connectivity index (χ4v) is 3.28. The van der Waals surface area contributed by atoms with Crippen LogP contribution in [0.5, 0.6) is 0 Å². The topological polar surface area (TPSA) is 52.7 Å². The highest BCUT2D eigenvalue weighted by atomic mass is 15.1. The number of rotatable bonds is 5. The number of likely N-dealkylation sites (N-methyl/N-ethyl adjacent to an activating group) is 1. The minimum Gasteiger partial charge on any atom is -0.371 e. The molecule has 0 amide bonds. The first-order valence-electron chi connectivity index (χ1n) is 9.59. The van der Waals surface area contributed by atoms with Gasteiger partial charge in [0.05, 0.1) is 22.7 Å². The molecule has 0 aliphatic carbocycles.